The normalized spacial score (nSPS) is 15.9. The van der Waals surface area contributed by atoms with Crippen molar-refractivity contribution >= 4 is 27.6 Å². The molecule has 27 heavy (non-hydrogen) atoms. The van der Waals surface area contributed by atoms with Crippen LogP contribution in [0.3, 0.4) is 0 Å². The van der Waals surface area contributed by atoms with E-state index in [1.165, 1.54) is 0 Å². The highest BCUT2D eigenvalue weighted by molar-refractivity contribution is 6.08. The molecule has 0 saturated carbocycles. The molecule has 4 rings (SSSR count). The highest BCUT2D eigenvalue weighted by atomic mass is 16.3. The van der Waals surface area contributed by atoms with Crippen LogP contribution in [0.2, 0.25) is 0 Å². The lowest BCUT2D eigenvalue weighted by molar-refractivity contribution is 0.0600. The molecule has 1 fully saturated rings. The molecule has 1 saturated heterocycles. The largest absolute Gasteiger partial charge is 0.450 e. The Bertz CT molecular complexity index is 968. The summed E-state index contributed by atoms with van der Waals surface area (Å²) in [7, 11) is 4.18. The molecule has 5 heteroatoms. The first-order chi connectivity index (χ1) is 13.0. The molecule has 0 atom stereocenters. The monoisotopic (exact) mass is 365 g/mol. The fraction of sp³-hybridized carbons (Fsp3) is 0.409. The molecule has 142 valence electrons. The molecule has 0 N–H and O–H groups in total. The van der Waals surface area contributed by atoms with Gasteiger partial charge in [0.15, 0.2) is 5.76 Å². The third-order valence-electron chi connectivity index (χ3n) is 5.55. The van der Waals surface area contributed by atoms with Crippen LogP contribution < -0.4 is 0 Å². The van der Waals surface area contributed by atoms with Gasteiger partial charge < -0.3 is 14.2 Å². The Kier molecular flexibility index (Phi) is 4.89. The fourth-order valence-corrected chi connectivity index (χ4v) is 3.81. The minimum atomic E-state index is 0.0139. The van der Waals surface area contributed by atoms with Crippen LogP contribution in [0.1, 0.15) is 16.1 Å². The first kappa shape index (κ1) is 18.0. The zero-order chi connectivity index (χ0) is 19.0. The molecule has 0 spiro atoms. The van der Waals surface area contributed by atoms with Crippen LogP contribution in [-0.4, -0.2) is 74.0 Å². The number of likely N-dealkylation sites (N-methyl/N-ethyl adjacent to an activating group) is 1. The quantitative estimate of drug-likeness (QED) is 0.712. The molecular formula is C22H27N3O2. The molecule has 5 nitrogen and oxygen atoms in total. The maximum Gasteiger partial charge on any atom is 0.289 e. The van der Waals surface area contributed by atoms with E-state index in [1.54, 1.807) is 0 Å². The molecule has 1 aromatic heterocycles. The molecule has 2 heterocycles. The van der Waals surface area contributed by atoms with Gasteiger partial charge in [-0.05, 0) is 26.4 Å². The summed E-state index contributed by atoms with van der Waals surface area (Å²) in [6.07, 6.45) is 0. The van der Waals surface area contributed by atoms with E-state index in [0.717, 1.165) is 66.6 Å². The summed E-state index contributed by atoms with van der Waals surface area (Å²) in [5.74, 6) is 0.503. The summed E-state index contributed by atoms with van der Waals surface area (Å²) < 4.78 is 6.12. The first-order valence-electron chi connectivity index (χ1n) is 9.62. The first-order valence-corrected chi connectivity index (χ1v) is 9.62. The molecular weight excluding hydrogens is 338 g/mol. The Balaban J connectivity index is 1.55. The molecule has 0 bridgehead atoms. The van der Waals surface area contributed by atoms with Crippen LogP contribution in [0.25, 0.3) is 21.7 Å². The second-order valence-electron chi connectivity index (χ2n) is 7.66. The lowest BCUT2D eigenvalue weighted by atomic mass is 10.1. The lowest BCUT2D eigenvalue weighted by Crippen LogP contribution is -2.50. The maximum absolute atomic E-state index is 13.1. The molecule has 0 radical (unpaired) electrons. The third kappa shape index (κ3) is 3.45. The summed E-state index contributed by atoms with van der Waals surface area (Å²) in [6.45, 7) is 7.42. The Morgan fingerprint density at radius 1 is 1.04 bits per heavy atom. The van der Waals surface area contributed by atoms with E-state index in [9.17, 15) is 4.79 Å². The Morgan fingerprint density at radius 3 is 2.52 bits per heavy atom. The predicted octanol–water partition coefficient (Wildman–Crippen LogP) is 3.21. The topological polar surface area (TPSA) is 39.9 Å². The van der Waals surface area contributed by atoms with Gasteiger partial charge in [0.1, 0.15) is 5.58 Å². The van der Waals surface area contributed by atoms with Crippen molar-refractivity contribution in [2.45, 2.75) is 6.92 Å². The minimum absolute atomic E-state index is 0.0139. The smallest absolute Gasteiger partial charge is 0.289 e. The van der Waals surface area contributed by atoms with Gasteiger partial charge in [0.2, 0.25) is 0 Å². The van der Waals surface area contributed by atoms with Gasteiger partial charge in [0.25, 0.3) is 5.91 Å². The summed E-state index contributed by atoms with van der Waals surface area (Å²) >= 11 is 0. The number of nitrogens with zero attached hydrogens (tertiary/aromatic N) is 3. The number of piperazine rings is 1. The number of furan rings is 1. The van der Waals surface area contributed by atoms with Gasteiger partial charge >= 0.3 is 0 Å². The number of benzene rings is 2. The van der Waals surface area contributed by atoms with Crippen LogP contribution in [-0.2, 0) is 0 Å². The summed E-state index contributed by atoms with van der Waals surface area (Å²) in [5, 5.41) is 3.22. The van der Waals surface area contributed by atoms with Gasteiger partial charge in [-0.2, -0.15) is 0 Å². The van der Waals surface area contributed by atoms with Crippen molar-refractivity contribution in [1.29, 1.82) is 0 Å². The van der Waals surface area contributed by atoms with E-state index in [0.29, 0.717) is 5.76 Å². The number of rotatable bonds is 4. The Labute approximate surface area is 160 Å². The van der Waals surface area contributed by atoms with Crippen LogP contribution in [0.4, 0.5) is 0 Å². The maximum atomic E-state index is 13.1. The average molecular weight is 365 g/mol. The molecule has 1 aliphatic heterocycles. The lowest BCUT2D eigenvalue weighted by Gasteiger charge is -2.34. The number of carbonyl (C=O) groups is 1. The van der Waals surface area contributed by atoms with Crippen molar-refractivity contribution in [3.63, 3.8) is 0 Å². The molecule has 1 aliphatic rings. The number of aryl methyl sites for hydroxylation is 1. The van der Waals surface area contributed by atoms with Gasteiger partial charge in [-0.25, -0.2) is 0 Å². The Morgan fingerprint density at radius 2 is 1.78 bits per heavy atom. The minimum Gasteiger partial charge on any atom is -0.450 e. The standard InChI is InChI=1S/C22H27N3O2/c1-16-18-9-8-17-6-4-5-7-19(17)21(18)27-20(16)22(26)25-14-12-24(13-15-25)11-10-23(2)3/h4-9H,10-15H2,1-3H3. The summed E-state index contributed by atoms with van der Waals surface area (Å²) in [4.78, 5) is 19.6. The van der Waals surface area contributed by atoms with E-state index in [1.807, 2.05) is 24.0 Å². The molecule has 2 aromatic carbocycles. The highest BCUT2D eigenvalue weighted by Gasteiger charge is 2.27. The molecule has 0 unspecified atom stereocenters. The van der Waals surface area contributed by atoms with Crippen LogP contribution in [0, 0.1) is 6.92 Å². The number of carbonyl (C=O) groups excluding carboxylic acids is 1. The second kappa shape index (κ2) is 7.33. The third-order valence-corrected chi connectivity index (χ3v) is 5.55. The van der Waals surface area contributed by atoms with Crippen molar-refractivity contribution in [3.05, 3.63) is 47.7 Å². The van der Waals surface area contributed by atoms with Crippen LogP contribution in [0.5, 0.6) is 0 Å². The predicted molar refractivity (Wildman–Crippen MR) is 109 cm³/mol. The van der Waals surface area contributed by atoms with Gasteiger partial charge in [-0.15, -0.1) is 0 Å². The van der Waals surface area contributed by atoms with Crippen molar-refractivity contribution in [1.82, 2.24) is 14.7 Å². The zero-order valence-corrected chi connectivity index (χ0v) is 16.4. The van der Waals surface area contributed by atoms with E-state index < -0.39 is 0 Å². The van der Waals surface area contributed by atoms with Gasteiger partial charge in [0.05, 0.1) is 0 Å². The van der Waals surface area contributed by atoms with Crippen LogP contribution >= 0.6 is 0 Å². The van der Waals surface area contributed by atoms with Crippen molar-refractivity contribution in [2.75, 3.05) is 53.4 Å². The Hall–Kier alpha value is -2.37. The van der Waals surface area contributed by atoms with Crippen molar-refractivity contribution in [3.8, 4) is 0 Å². The van der Waals surface area contributed by atoms with E-state index in [2.05, 4.69) is 48.2 Å². The van der Waals surface area contributed by atoms with E-state index in [-0.39, 0.29) is 5.91 Å². The van der Waals surface area contributed by atoms with Gasteiger partial charge in [0, 0.05) is 55.6 Å². The van der Waals surface area contributed by atoms with E-state index in [4.69, 9.17) is 4.42 Å². The van der Waals surface area contributed by atoms with Crippen LogP contribution in [0.15, 0.2) is 40.8 Å². The highest BCUT2D eigenvalue weighted by Crippen LogP contribution is 2.32. The van der Waals surface area contributed by atoms with Crippen molar-refractivity contribution < 1.29 is 9.21 Å². The van der Waals surface area contributed by atoms with E-state index >= 15 is 0 Å². The molecule has 3 aromatic rings. The summed E-state index contributed by atoms with van der Waals surface area (Å²) in [5.41, 5.74) is 1.76. The number of hydrogen-bond acceptors (Lipinski definition) is 4. The van der Waals surface area contributed by atoms with Crippen molar-refractivity contribution in [2.24, 2.45) is 0 Å². The summed E-state index contributed by atoms with van der Waals surface area (Å²) in [6, 6.07) is 12.3. The number of hydrogen-bond donors (Lipinski definition) is 0. The zero-order valence-electron chi connectivity index (χ0n) is 16.4. The number of amides is 1. The number of fused-ring (bicyclic) bond motifs is 3. The molecule has 0 aliphatic carbocycles. The van der Waals surface area contributed by atoms with Gasteiger partial charge in [-0.1, -0.05) is 36.4 Å². The van der Waals surface area contributed by atoms with Gasteiger partial charge in [-0.3, -0.25) is 9.69 Å². The SMILES string of the molecule is Cc1c(C(=O)N2CCN(CCN(C)C)CC2)oc2c1ccc1ccccc12. The fourth-order valence-electron chi connectivity index (χ4n) is 3.81. The molecule has 1 amide bonds. The average Bonchev–Trinajstić information content (AvgIpc) is 3.03. The second-order valence-corrected chi connectivity index (χ2v) is 7.66.